The Morgan fingerprint density at radius 3 is 2.75 bits per heavy atom. The Balaban J connectivity index is 2.46. The number of rotatable bonds is 2. The Morgan fingerprint density at radius 2 is 2.15 bits per heavy atom. The van der Waals surface area contributed by atoms with E-state index in [0.717, 1.165) is 16.4 Å². The third-order valence-corrected chi connectivity index (χ3v) is 5.39. The first-order valence-corrected chi connectivity index (χ1v) is 7.92. The van der Waals surface area contributed by atoms with E-state index in [2.05, 4.69) is 0 Å². The molecule has 0 bridgehead atoms. The molecule has 1 atom stereocenters. The van der Waals surface area contributed by atoms with Crippen LogP contribution in [0.15, 0.2) is 17.0 Å². The van der Waals surface area contributed by atoms with Crippen molar-refractivity contribution >= 4 is 27.3 Å². The highest BCUT2D eigenvalue weighted by Gasteiger charge is 2.37. The van der Waals surface area contributed by atoms with Crippen molar-refractivity contribution in [2.75, 3.05) is 18.8 Å². The van der Waals surface area contributed by atoms with Gasteiger partial charge < -0.3 is 10.8 Å². The predicted octanol–water partition coefficient (Wildman–Crippen LogP) is 1.60. The zero-order chi connectivity index (χ0) is 15.1. The number of hydrogen-bond donors (Lipinski definition) is 2. The summed E-state index contributed by atoms with van der Waals surface area (Å²) in [6.45, 7) is 1.70. The highest BCUT2D eigenvalue weighted by molar-refractivity contribution is 7.89. The van der Waals surface area contributed by atoms with Crippen LogP contribution < -0.4 is 5.73 Å². The molecule has 1 saturated heterocycles. The summed E-state index contributed by atoms with van der Waals surface area (Å²) < 4.78 is 40.0. The number of β-amino-alcohol motifs (C(OH)–C–C–N with tert-alkyl or cyclic N) is 1. The van der Waals surface area contributed by atoms with Crippen molar-refractivity contribution < 1.29 is 17.9 Å². The molecule has 0 radical (unpaired) electrons. The van der Waals surface area contributed by atoms with Gasteiger partial charge in [-0.3, -0.25) is 0 Å². The molecule has 1 aromatic carbocycles. The molecule has 0 saturated carbocycles. The molecule has 2 rings (SSSR count). The Bertz CT molecular complexity index is 634. The normalized spacial score (nSPS) is 24.8. The van der Waals surface area contributed by atoms with E-state index in [1.807, 2.05) is 0 Å². The first-order chi connectivity index (χ1) is 9.13. The lowest BCUT2D eigenvalue weighted by atomic mass is 9.97. The minimum absolute atomic E-state index is 0.0683. The van der Waals surface area contributed by atoms with Crippen LogP contribution >= 0.6 is 11.6 Å². The van der Waals surface area contributed by atoms with Crippen LogP contribution in [0.3, 0.4) is 0 Å². The third-order valence-electron chi connectivity index (χ3n) is 3.27. The topological polar surface area (TPSA) is 83.6 Å². The first kappa shape index (κ1) is 15.5. The van der Waals surface area contributed by atoms with Crippen LogP contribution in [-0.4, -0.2) is 36.5 Å². The fourth-order valence-electron chi connectivity index (χ4n) is 2.29. The van der Waals surface area contributed by atoms with E-state index in [9.17, 15) is 17.9 Å². The second-order valence-electron chi connectivity index (χ2n) is 5.25. The van der Waals surface area contributed by atoms with Gasteiger partial charge in [0, 0.05) is 18.8 Å². The SMILES string of the molecule is CC1(O)CCCN(S(=O)(=O)c2cc(N)cc(Cl)c2F)C1. The van der Waals surface area contributed by atoms with Crippen molar-refractivity contribution in [3.05, 3.63) is 23.0 Å². The molecule has 5 nitrogen and oxygen atoms in total. The molecular weight excluding hydrogens is 307 g/mol. The zero-order valence-corrected chi connectivity index (χ0v) is 12.5. The molecule has 1 unspecified atom stereocenters. The average molecular weight is 323 g/mol. The number of nitrogen functional groups attached to an aromatic ring is 1. The minimum atomic E-state index is -4.07. The Labute approximate surface area is 122 Å². The summed E-state index contributed by atoms with van der Waals surface area (Å²) in [6.07, 6.45) is 1.00. The Hall–Kier alpha value is -0.890. The number of nitrogens with two attached hydrogens (primary N) is 1. The van der Waals surface area contributed by atoms with Crippen molar-refractivity contribution in [2.45, 2.75) is 30.3 Å². The number of piperidine rings is 1. The van der Waals surface area contributed by atoms with E-state index in [0.29, 0.717) is 12.8 Å². The van der Waals surface area contributed by atoms with Crippen molar-refractivity contribution in [1.29, 1.82) is 0 Å². The van der Waals surface area contributed by atoms with E-state index in [4.69, 9.17) is 17.3 Å². The number of hydrogen-bond acceptors (Lipinski definition) is 4. The highest BCUT2D eigenvalue weighted by Crippen LogP contribution is 2.31. The molecule has 20 heavy (non-hydrogen) atoms. The molecule has 112 valence electrons. The van der Waals surface area contributed by atoms with Gasteiger partial charge in [-0.15, -0.1) is 0 Å². The smallest absolute Gasteiger partial charge is 0.246 e. The molecule has 1 aliphatic rings. The van der Waals surface area contributed by atoms with Gasteiger partial charge in [-0.25, -0.2) is 12.8 Å². The summed E-state index contributed by atoms with van der Waals surface area (Å²) in [5, 5.41) is 9.64. The third kappa shape index (κ3) is 2.90. The maximum atomic E-state index is 14.0. The van der Waals surface area contributed by atoms with E-state index in [-0.39, 0.29) is 23.8 Å². The lowest BCUT2D eigenvalue weighted by Crippen LogP contribution is -2.48. The molecule has 8 heteroatoms. The van der Waals surface area contributed by atoms with Gasteiger partial charge in [0.2, 0.25) is 10.0 Å². The number of anilines is 1. The van der Waals surface area contributed by atoms with Gasteiger partial charge in [0.15, 0.2) is 5.82 Å². The van der Waals surface area contributed by atoms with Gasteiger partial charge >= 0.3 is 0 Å². The maximum Gasteiger partial charge on any atom is 0.246 e. The molecule has 1 fully saturated rings. The monoisotopic (exact) mass is 322 g/mol. The molecule has 0 spiro atoms. The van der Waals surface area contributed by atoms with Crippen LogP contribution in [0.2, 0.25) is 5.02 Å². The molecular formula is C12H16ClFN2O3S. The number of nitrogens with zero attached hydrogens (tertiary/aromatic N) is 1. The van der Waals surface area contributed by atoms with Crippen molar-refractivity contribution in [3.8, 4) is 0 Å². The van der Waals surface area contributed by atoms with Crippen molar-refractivity contribution in [3.63, 3.8) is 0 Å². The summed E-state index contributed by atoms with van der Waals surface area (Å²) in [7, 11) is -4.07. The average Bonchev–Trinajstić information content (AvgIpc) is 2.32. The summed E-state index contributed by atoms with van der Waals surface area (Å²) in [5.41, 5.74) is 4.47. The number of halogens is 2. The lowest BCUT2D eigenvalue weighted by Gasteiger charge is -2.36. The minimum Gasteiger partial charge on any atom is -0.399 e. The van der Waals surface area contributed by atoms with Crippen LogP contribution in [-0.2, 0) is 10.0 Å². The van der Waals surface area contributed by atoms with E-state index < -0.39 is 26.3 Å². The van der Waals surface area contributed by atoms with Gasteiger partial charge in [0.25, 0.3) is 0 Å². The maximum absolute atomic E-state index is 14.0. The number of benzene rings is 1. The van der Waals surface area contributed by atoms with Gasteiger partial charge in [0.1, 0.15) is 4.90 Å². The van der Waals surface area contributed by atoms with Gasteiger partial charge in [-0.05, 0) is 31.9 Å². The van der Waals surface area contributed by atoms with Gasteiger partial charge in [0.05, 0.1) is 10.6 Å². The fraction of sp³-hybridized carbons (Fsp3) is 0.500. The summed E-state index contributed by atoms with van der Waals surface area (Å²) in [6, 6.07) is 2.20. The second kappa shape index (κ2) is 5.14. The number of sulfonamides is 1. The Morgan fingerprint density at radius 1 is 1.50 bits per heavy atom. The van der Waals surface area contributed by atoms with Crippen LogP contribution in [0.4, 0.5) is 10.1 Å². The summed E-state index contributed by atoms with van der Waals surface area (Å²) >= 11 is 5.63. The van der Waals surface area contributed by atoms with Crippen molar-refractivity contribution in [1.82, 2.24) is 4.31 Å². The number of aliphatic hydroxyl groups is 1. The van der Waals surface area contributed by atoms with Crippen molar-refractivity contribution in [2.24, 2.45) is 0 Å². The van der Waals surface area contributed by atoms with Crippen LogP contribution in [0.5, 0.6) is 0 Å². The lowest BCUT2D eigenvalue weighted by molar-refractivity contribution is 0.00934. The van der Waals surface area contributed by atoms with E-state index in [1.54, 1.807) is 6.92 Å². The quantitative estimate of drug-likeness (QED) is 0.810. The molecule has 1 heterocycles. The highest BCUT2D eigenvalue weighted by atomic mass is 35.5. The molecule has 1 aromatic rings. The molecule has 0 aliphatic carbocycles. The molecule has 1 aliphatic heterocycles. The van der Waals surface area contributed by atoms with E-state index in [1.165, 1.54) is 0 Å². The summed E-state index contributed by atoms with van der Waals surface area (Å²) in [4.78, 5) is -0.555. The predicted molar refractivity (Wildman–Crippen MR) is 74.4 cm³/mol. The second-order valence-corrected chi connectivity index (χ2v) is 7.57. The molecule has 3 N–H and O–H groups in total. The Kier molecular flexibility index (Phi) is 3.98. The van der Waals surface area contributed by atoms with Crippen LogP contribution in [0, 0.1) is 5.82 Å². The standard InChI is InChI=1S/C12H16ClFN2O3S/c1-12(17)3-2-4-16(7-12)20(18,19)10-6-8(15)5-9(13)11(10)14/h5-6,17H,2-4,7,15H2,1H3. The zero-order valence-electron chi connectivity index (χ0n) is 10.9. The fourth-order valence-corrected chi connectivity index (χ4v) is 4.29. The van der Waals surface area contributed by atoms with Gasteiger partial charge in [-0.1, -0.05) is 11.6 Å². The summed E-state index contributed by atoms with van der Waals surface area (Å²) in [5.74, 6) is -1.02. The molecule has 0 aromatic heterocycles. The molecule has 0 amide bonds. The largest absolute Gasteiger partial charge is 0.399 e. The first-order valence-electron chi connectivity index (χ1n) is 6.10. The van der Waals surface area contributed by atoms with E-state index >= 15 is 0 Å². The van der Waals surface area contributed by atoms with Gasteiger partial charge in [-0.2, -0.15) is 4.31 Å². The van der Waals surface area contributed by atoms with Crippen LogP contribution in [0.1, 0.15) is 19.8 Å². The van der Waals surface area contributed by atoms with Crippen LogP contribution in [0.25, 0.3) is 0 Å².